The van der Waals surface area contributed by atoms with E-state index in [1.165, 1.54) is 0 Å². The lowest BCUT2D eigenvalue weighted by atomic mass is 9.98. The van der Waals surface area contributed by atoms with Gasteiger partial charge in [0, 0.05) is 0 Å². The highest BCUT2D eigenvalue weighted by Crippen LogP contribution is 2.37. The Hall–Kier alpha value is -3.08. The van der Waals surface area contributed by atoms with Gasteiger partial charge >= 0.3 is 5.91 Å². The molecular formula is C20H19NO4. The molecule has 5 nitrogen and oxygen atoms in total. The van der Waals surface area contributed by atoms with Gasteiger partial charge in [0.2, 0.25) is 0 Å². The fraction of sp³-hybridized carbons (Fsp3) is 0.200. The molecule has 0 bridgehead atoms. The molecule has 5 heteroatoms. The number of hydrogen-bond acceptors (Lipinski definition) is 4. The number of aliphatic hydroxyl groups excluding tert-OH is 1. The third-order valence-electron chi connectivity index (χ3n) is 4.12. The van der Waals surface area contributed by atoms with E-state index >= 15 is 0 Å². The maximum atomic E-state index is 13.0. The van der Waals surface area contributed by atoms with Crippen molar-refractivity contribution in [3.05, 3.63) is 64.9 Å². The van der Waals surface area contributed by atoms with E-state index < -0.39 is 17.6 Å². The summed E-state index contributed by atoms with van der Waals surface area (Å²) >= 11 is 0. The molecule has 0 saturated carbocycles. The molecule has 128 valence electrons. The fourth-order valence-electron chi connectivity index (χ4n) is 2.99. The van der Waals surface area contributed by atoms with Crippen molar-refractivity contribution in [2.45, 2.75) is 20.8 Å². The fourth-order valence-corrected chi connectivity index (χ4v) is 2.99. The average Bonchev–Trinajstić information content (AvgIpc) is 2.79. The van der Waals surface area contributed by atoms with Gasteiger partial charge in [-0.1, -0.05) is 35.9 Å². The van der Waals surface area contributed by atoms with Gasteiger partial charge < -0.3 is 9.84 Å². The molecule has 1 aliphatic heterocycles. The first kappa shape index (κ1) is 16.8. The van der Waals surface area contributed by atoms with E-state index in [9.17, 15) is 14.7 Å². The summed E-state index contributed by atoms with van der Waals surface area (Å²) in [5.74, 6) is -1.42. The molecule has 1 N–H and O–H groups in total. The molecule has 0 aliphatic carbocycles. The first-order valence-electron chi connectivity index (χ1n) is 8.07. The third kappa shape index (κ3) is 2.78. The van der Waals surface area contributed by atoms with Crippen LogP contribution in [-0.4, -0.2) is 23.5 Å². The second-order valence-corrected chi connectivity index (χ2v) is 5.89. The van der Waals surface area contributed by atoms with Crippen LogP contribution in [0.4, 0.5) is 5.69 Å². The van der Waals surface area contributed by atoms with Gasteiger partial charge in [-0.2, -0.15) is 0 Å². The van der Waals surface area contributed by atoms with Crippen molar-refractivity contribution in [2.24, 2.45) is 0 Å². The van der Waals surface area contributed by atoms with Gasteiger partial charge in [0.1, 0.15) is 5.75 Å². The van der Waals surface area contributed by atoms with Crippen molar-refractivity contribution in [2.75, 3.05) is 11.5 Å². The van der Waals surface area contributed by atoms with Crippen molar-refractivity contribution < 1.29 is 19.4 Å². The van der Waals surface area contributed by atoms with Crippen LogP contribution in [0, 0.1) is 13.8 Å². The number of anilines is 1. The molecule has 1 aliphatic rings. The summed E-state index contributed by atoms with van der Waals surface area (Å²) in [6.07, 6.45) is 0. The number of aryl methyl sites for hydroxylation is 2. The van der Waals surface area contributed by atoms with Crippen molar-refractivity contribution in [3.8, 4) is 5.75 Å². The predicted molar refractivity (Wildman–Crippen MR) is 95.6 cm³/mol. The van der Waals surface area contributed by atoms with Crippen LogP contribution in [0.5, 0.6) is 5.75 Å². The Bertz CT molecular complexity index is 898. The summed E-state index contributed by atoms with van der Waals surface area (Å²) in [4.78, 5) is 26.5. The number of nitrogens with zero attached hydrogens (tertiary/aromatic N) is 1. The largest absolute Gasteiger partial charge is 0.502 e. The zero-order valence-corrected chi connectivity index (χ0v) is 14.4. The summed E-state index contributed by atoms with van der Waals surface area (Å²) in [6.45, 7) is 6.01. The standard InChI is InChI=1S/C20H19NO4/c1-4-25-16-8-6-5-7-15(16)21-19(23)17(18(22)20(21)24)14-10-9-12(2)11-13(14)3/h5-11,22H,4H2,1-3H3. The zero-order chi connectivity index (χ0) is 18.1. The molecule has 0 spiro atoms. The summed E-state index contributed by atoms with van der Waals surface area (Å²) in [7, 11) is 0. The molecule has 0 unspecified atom stereocenters. The van der Waals surface area contributed by atoms with Crippen LogP contribution in [0.1, 0.15) is 23.6 Å². The highest BCUT2D eigenvalue weighted by atomic mass is 16.5. The van der Waals surface area contributed by atoms with Crippen LogP contribution in [0.2, 0.25) is 0 Å². The summed E-state index contributed by atoms with van der Waals surface area (Å²) < 4.78 is 5.52. The van der Waals surface area contributed by atoms with Crippen LogP contribution in [0.15, 0.2) is 48.2 Å². The molecule has 3 rings (SSSR count). The van der Waals surface area contributed by atoms with E-state index in [0.717, 1.165) is 16.0 Å². The number of rotatable bonds is 4. The van der Waals surface area contributed by atoms with E-state index in [4.69, 9.17) is 4.74 Å². The minimum atomic E-state index is -0.743. The Morgan fingerprint density at radius 1 is 1.04 bits per heavy atom. The average molecular weight is 337 g/mol. The molecule has 0 radical (unpaired) electrons. The third-order valence-corrected chi connectivity index (χ3v) is 4.12. The molecule has 0 saturated heterocycles. The number of hydrogen-bond donors (Lipinski definition) is 1. The van der Waals surface area contributed by atoms with Crippen LogP contribution in [0.25, 0.3) is 5.57 Å². The number of aliphatic hydroxyl groups is 1. The van der Waals surface area contributed by atoms with Gasteiger partial charge in [-0.3, -0.25) is 9.59 Å². The van der Waals surface area contributed by atoms with Gasteiger partial charge in [0.05, 0.1) is 17.9 Å². The molecule has 0 aromatic heterocycles. The molecule has 2 aromatic carbocycles. The number of imide groups is 1. The Kier molecular flexibility index (Phi) is 4.31. The Balaban J connectivity index is 2.09. The van der Waals surface area contributed by atoms with Crippen LogP contribution in [0.3, 0.4) is 0 Å². The van der Waals surface area contributed by atoms with Crippen LogP contribution in [-0.2, 0) is 9.59 Å². The number of ether oxygens (including phenoxy) is 1. The summed E-state index contributed by atoms with van der Waals surface area (Å²) in [5.41, 5.74) is 2.76. The molecular weight excluding hydrogens is 318 g/mol. The van der Waals surface area contributed by atoms with Crippen molar-refractivity contribution in [1.29, 1.82) is 0 Å². The van der Waals surface area contributed by atoms with Crippen molar-refractivity contribution in [1.82, 2.24) is 0 Å². The molecule has 0 atom stereocenters. The first-order chi connectivity index (χ1) is 12.0. The van der Waals surface area contributed by atoms with Crippen LogP contribution < -0.4 is 9.64 Å². The molecule has 2 amide bonds. The highest BCUT2D eigenvalue weighted by Gasteiger charge is 2.41. The van der Waals surface area contributed by atoms with Gasteiger partial charge in [0.25, 0.3) is 5.91 Å². The number of carbonyl (C=O) groups excluding carboxylic acids is 2. The lowest BCUT2D eigenvalue weighted by Gasteiger charge is -2.18. The first-order valence-corrected chi connectivity index (χ1v) is 8.07. The van der Waals surface area contributed by atoms with Crippen molar-refractivity contribution in [3.63, 3.8) is 0 Å². The number of carbonyl (C=O) groups is 2. The summed E-state index contributed by atoms with van der Waals surface area (Å²) in [6, 6.07) is 12.3. The Labute approximate surface area is 146 Å². The predicted octanol–water partition coefficient (Wildman–Crippen LogP) is 3.54. The number of para-hydroxylation sites is 2. The maximum Gasteiger partial charge on any atom is 0.301 e. The van der Waals surface area contributed by atoms with E-state index in [0.29, 0.717) is 23.6 Å². The molecule has 0 fully saturated rings. The zero-order valence-electron chi connectivity index (χ0n) is 14.4. The monoisotopic (exact) mass is 337 g/mol. The summed E-state index contributed by atoms with van der Waals surface area (Å²) in [5, 5.41) is 10.4. The van der Waals surface area contributed by atoms with Crippen molar-refractivity contribution >= 4 is 23.1 Å². The lowest BCUT2D eigenvalue weighted by Crippen LogP contribution is -2.32. The minimum absolute atomic E-state index is 0.0220. The van der Waals surface area contributed by atoms with Crippen LogP contribution >= 0.6 is 0 Å². The Morgan fingerprint density at radius 2 is 1.76 bits per heavy atom. The van der Waals surface area contributed by atoms with Gasteiger partial charge in [-0.25, -0.2) is 4.90 Å². The normalized spacial score (nSPS) is 14.4. The van der Waals surface area contributed by atoms with Gasteiger partial charge in [-0.05, 0) is 44.0 Å². The molecule has 25 heavy (non-hydrogen) atoms. The van der Waals surface area contributed by atoms with E-state index in [2.05, 4.69) is 0 Å². The van der Waals surface area contributed by atoms with E-state index in [1.807, 2.05) is 32.9 Å². The SMILES string of the molecule is CCOc1ccccc1N1C(=O)C(O)=C(c2ccc(C)cc2C)C1=O. The molecule has 1 heterocycles. The topological polar surface area (TPSA) is 66.8 Å². The van der Waals surface area contributed by atoms with E-state index in [-0.39, 0.29) is 5.57 Å². The Morgan fingerprint density at radius 3 is 2.44 bits per heavy atom. The van der Waals surface area contributed by atoms with E-state index in [1.54, 1.807) is 30.3 Å². The van der Waals surface area contributed by atoms with Gasteiger partial charge in [0.15, 0.2) is 5.76 Å². The number of benzene rings is 2. The number of amides is 2. The second kappa shape index (κ2) is 6.43. The minimum Gasteiger partial charge on any atom is -0.502 e. The highest BCUT2D eigenvalue weighted by molar-refractivity contribution is 6.45. The van der Waals surface area contributed by atoms with Gasteiger partial charge in [-0.15, -0.1) is 0 Å². The lowest BCUT2D eigenvalue weighted by molar-refractivity contribution is -0.121. The smallest absolute Gasteiger partial charge is 0.301 e. The maximum absolute atomic E-state index is 13.0. The quantitative estimate of drug-likeness (QED) is 0.867. The molecule has 2 aromatic rings. The second-order valence-electron chi connectivity index (χ2n) is 5.89.